The summed E-state index contributed by atoms with van der Waals surface area (Å²) in [6.07, 6.45) is 2.42. The van der Waals surface area contributed by atoms with Gasteiger partial charge in [-0.05, 0) is 12.1 Å². The number of hydrogen-bond acceptors (Lipinski definition) is 6. The molecule has 2 heterocycles. The molecular formula is C15H14F2N4O4S. The van der Waals surface area contributed by atoms with Gasteiger partial charge in [-0.1, -0.05) is 0 Å². The van der Waals surface area contributed by atoms with Gasteiger partial charge < -0.3 is 10.0 Å². The molecule has 0 radical (unpaired) electrons. The van der Waals surface area contributed by atoms with E-state index in [9.17, 15) is 22.0 Å². The highest BCUT2D eigenvalue weighted by Gasteiger charge is 2.31. The van der Waals surface area contributed by atoms with Crippen LogP contribution >= 0.6 is 0 Å². The van der Waals surface area contributed by atoms with Crippen LogP contribution < -0.4 is 4.90 Å². The van der Waals surface area contributed by atoms with Crippen LogP contribution in [0.2, 0.25) is 0 Å². The number of anilines is 1. The normalized spacial score (nSPS) is 15.8. The molecule has 1 aliphatic heterocycles. The number of carboxylic acids is 1. The molecule has 3 rings (SSSR count). The molecule has 8 nitrogen and oxygen atoms in total. The second-order valence-electron chi connectivity index (χ2n) is 5.53. The first-order chi connectivity index (χ1) is 12.3. The molecule has 1 aromatic heterocycles. The summed E-state index contributed by atoms with van der Waals surface area (Å²) in [5.41, 5.74) is -0.193. The van der Waals surface area contributed by atoms with Crippen LogP contribution in [0.5, 0.6) is 0 Å². The van der Waals surface area contributed by atoms with E-state index in [0.29, 0.717) is 11.9 Å². The van der Waals surface area contributed by atoms with Crippen molar-refractivity contribution >= 4 is 21.8 Å². The molecule has 26 heavy (non-hydrogen) atoms. The Morgan fingerprint density at radius 2 is 1.77 bits per heavy atom. The Balaban J connectivity index is 1.72. The first-order valence-electron chi connectivity index (χ1n) is 7.54. The molecule has 1 aromatic carbocycles. The zero-order valence-corrected chi connectivity index (χ0v) is 14.2. The van der Waals surface area contributed by atoms with Crippen molar-refractivity contribution in [2.45, 2.75) is 4.90 Å². The third-order valence-electron chi connectivity index (χ3n) is 3.93. The molecule has 1 fully saturated rings. The van der Waals surface area contributed by atoms with E-state index < -0.39 is 32.5 Å². The minimum absolute atomic E-state index is 0.0709. The van der Waals surface area contributed by atoms with Gasteiger partial charge in [0, 0.05) is 32.2 Å². The van der Waals surface area contributed by atoms with Crippen LogP contribution in [0.4, 0.5) is 14.6 Å². The van der Waals surface area contributed by atoms with Crippen molar-refractivity contribution in [3.8, 4) is 0 Å². The van der Waals surface area contributed by atoms with Crippen LogP contribution in [0.25, 0.3) is 0 Å². The number of benzene rings is 1. The van der Waals surface area contributed by atoms with Crippen molar-refractivity contribution < 1.29 is 27.1 Å². The number of halogens is 2. The highest BCUT2D eigenvalue weighted by atomic mass is 32.2. The average molecular weight is 384 g/mol. The zero-order valence-electron chi connectivity index (χ0n) is 13.3. The van der Waals surface area contributed by atoms with Gasteiger partial charge in [-0.3, -0.25) is 0 Å². The van der Waals surface area contributed by atoms with E-state index in [1.165, 1.54) is 6.20 Å². The molecule has 0 bridgehead atoms. The quantitative estimate of drug-likeness (QED) is 0.837. The lowest BCUT2D eigenvalue weighted by atomic mass is 10.3. The number of carbonyl (C=O) groups is 1. The molecular weight excluding hydrogens is 370 g/mol. The SMILES string of the molecule is O=C(O)c1cnc(N2CCN(S(=O)(=O)c3ccc(F)cc3F)CC2)cn1. The third-order valence-corrected chi connectivity index (χ3v) is 5.86. The maximum atomic E-state index is 13.8. The summed E-state index contributed by atoms with van der Waals surface area (Å²) in [7, 11) is -4.08. The smallest absolute Gasteiger partial charge is 0.356 e. The third kappa shape index (κ3) is 3.48. The Hall–Kier alpha value is -2.66. The lowest BCUT2D eigenvalue weighted by molar-refractivity contribution is 0.0690. The van der Waals surface area contributed by atoms with Gasteiger partial charge in [-0.2, -0.15) is 4.31 Å². The molecule has 0 aliphatic carbocycles. The molecule has 0 saturated carbocycles. The lowest BCUT2D eigenvalue weighted by Crippen LogP contribution is -2.49. The number of nitrogens with zero attached hydrogens (tertiary/aromatic N) is 4. The number of carboxylic acid groups (broad SMARTS) is 1. The Kier molecular flexibility index (Phi) is 4.83. The van der Waals surface area contributed by atoms with Crippen molar-refractivity contribution in [1.82, 2.24) is 14.3 Å². The average Bonchev–Trinajstić information content (AvgIpc) is 2.61. The molecule has 1 saturated heterocycles. The number of piperazine rings is 1. The monoisotopic (exact) mass is 384 g/mol. The van der Waals surface area contributed by atoms with Gasteiger partial charge in [0.05, 0.1) is 12.4 Å². The predicted octanol–water partition coefficient (Wildman–Crippen LogP) is 0.964. The number of hydrogen-bond donors (Lipinski definition) is 1. The summed E-state index contributed by atoms with van der Waals surface area (Å²) >= 11 is 0. The Morgan fingerprint density at radius 1 is 1.08 bits per heavy atom. The van der Waals surface area contributed by atoms with Crippen molar-refractivity contribution in [3.05, 3.63) is 47.9 Å². The number of rotatable bonds is 4. The summed E-state index contributed by atoms with van der Waals surface area (Å²) in [5.74, 6) is -2.77. The number of sulfonamides is 1. The largest absolute Gasteiger partial charge is 0.476 e. The van der Waals surface area contributed by atoms with E-state index in [2.05, 4.69) is 9.97 Å². The van der Waals surface area contributed by atoms with E-state index in [1.807, 2.05) is 0 Å². The summed E-state index contributed by atoms with van der Waals surface area (Å²) < 4.78 is 53.0. The maximum Gasteiger partial charge on any atom is 0.356 e. The molecule has 2 aromatic rings. The van der Waals surface area contributed by atoms with Crippen molar-refractivity contribution in [2.75, 3.05) is 31.1 Å². The van der Waals surface area contributed by atoms with Crippen LogP contribution in [0.3, 0.4) is 0 Å². The van der Waals surface area contributed by atoms with Gasteiger partial charge in [0.2, 0.25) is 10.0 Å². The van der Waals surface area contributed by atoms with E-state index in [-0.39, 0.29) is 31.9 Å². The second kappa shape index (κ2) is 6.92. The van der Waals surface area contributed by atoms with E-state index in [1.54, 1.807) is 4.90 Å². The first-order valence-corrected chi connectivity index (χ1v) is 8.98. The Labute approximate surface area is 147 Å². The minimum atomic E-state index is -4.08. The molecule has 138 valence electrons. The van der Waals surface area contributed by atoms with E-state index >= 15 is 0 Å². The van der Waals surface area contributed by atoms with Gasteiger partial charge in [-0.15, -0.1) is 0 Å². The van der Waals surface area contributed by atoms with Gasteiger partial charge in [0.15, 0.2) is 5.69 Å². The fourth-order valence-electron chi connectivity index (χ4n) is 2.58. The van der Waals surface area contributed by atoms with Crippen LogP contribution in [0.15, 0.2) is 35.5 Å². The van der Waals surface area contributed by atoms with Crippen LogP contribution in [0, 0.1) is 11.6 Å². The lowest BCUT2D eigenvalue weighted by Gasteiger charge is -2.34. The molecule has 1 N–H and O–H groups in total. The van der Waals surface area contributed by atoms with Crippen LogP contribution in [-0.2, 0) is 10.0 Å². The van der Waals surface area contributed by atoms with Crippen molar-refractivity contribution in [1.29, 1.82) is 0 Å². The van der Waals surface area contributed by atoms with Crippen molar-refractivity contribution in [2.24, 2.45) is 0 Å². The Bertz CT molecular complexity index is 929. The summed E-state index contributed by atoms with van der Waals surface area (Å²) in [5, 5.41) is 8.81. The molecule has 0 atom stereocenters. The molecule has 11 heteroatoms. The van der Waals surface area contributed by atoms with Gasteiger partial charge in [0.1, 0.15) is 22.3 Å². The topological polar surface area (TPSA) is 104 Å². The van der Waals surface area contributed by atoms with E-state index in [0.717, 1.165) is 22.6 Å². The van der Waals surface area contributed by atoms with E-state index in [4.69, 9.17) is 5.11 Å². The first kappa shape index (κ1) is 18.1. The maximum absolute atomic E-state index is 13.8. The Morgan fingerprint density at radius 3 is 2.31 bits per heavy atom. The standard InChI is InChI=1S/C15H14F2N4O4S/c16-10-1-2-13(11(17)7-10)26(24,25)21-5-3-20(4-6-21)14-9-18-12(8-19-14)15(22)23/h1-2,7-9H,3-6H2,(H,22,23). The number of aromatic carboxylic acids is 1. The highest BCUT2D eigenvalue weighted by Crippen LogP contribution is 2.22. The summed E-state index contributed by atoms with van der Waals surface area (Å²) in [6.45, 7) is 0.676. The highest BCUT2D eigenvalue weighted by molar-refractivity contribution is 7.89. The second-order valence-corrected chi connectivity index (χ2v) is 7.44. The van der Waals surface area contributed by atoms with Crippen molar-refractivity contribution in [3.63, 3.8) is 0 Å². The van der Waals surface area contributed by atoms with Crippen LogP contribution in [0.1, 0.15) is 10.5 Å². The fourth-order valence-corrected chi connectivity index (χ4v) is 4.04. The van der Waals surface area contributed by atoms with Crippen LogP contribution in [-0.4, -0.2) is 59.9 Å². The molecule has 0 unspecified atom stereocenters. The number of aromatic nitrogens is 2. The minimum Gasteiger partial charge on any atom is -0.476 e. The predicted molar refractivity (Wildman–Crippen MR) is 86.3 cm³/mol. The zero-order chi connectivity index (χ0) is 18.9. The fraction of sp³-hybridized carbons (Fsp3) is 0.267. The molecule has 1 aliphatic rings. The van der Waals surface area contributed by atoms with Gasteiger partial charge in [0.25, 0.3) is 0 Å². The molecule has 0 amide bonds. The molecule has 0 spiro atoms. The summed E-state index contributed by atoms with van der Waals surface area (Å²) in [4.78, 5) is 19.7. The van der Waals surface area contributed by atoms with Gasteiger partial charge in [-0.25, -0.2) is 32.0 Å². The summed E-state index contributed by atoms with van der Waals surface area (Å²) in [6, 6.07) is 2.33. The van der Waals surface area contributed by atoms with Gasteiger partial charge >= 0.3 is 5.97 Å².